The summed E-state index contributed by atoms with van der Waals surface area (Å²) < 4.78 is 2.31. The molecule has 540 valence electrons. The van der Waals surface area contributed by atoms with Gasteiger partial charge in [-0.2, -0.15) is 0 Å². The van der Waals surface area contributed by atoms with Gasteiger partial charge in [-0.1, -0.05) is 429 Å². The molecule has 2 aromatic heterocycles. The maximum absolute atomic E-state index is 3.89. The predicted molar refractivity (Wildman–Crippen MR) is 485 cm³/mol. The molecule has 0 saturated heterocycles. The van der Waals surface area contributed by atoms with E-state index in [2.05, 4.69) is 460 Å². The third-order valence-corrected chi connectivity index (χ3v) is 32.6. The van der Waals surface area contributed by atoms with Gasteiger partial charge in [-0.25, -0.2) is 0 Å². The second kappa shape index (κ2) is 44.9. The molecule has 107 heavy (non-hydrogen) atoms. The predicted octanol–water partition coefficient (Wildman–Crippen LogP) is 25.0. The molecule has 0 bridgehead atoms. The fraction of sp³-hybridized carbons (Fsp3) is 0.122. The van der Waals surface area contributed by atoms with Gasteiger partial charge in [0.15, 0.2) is 0 Å². The summed E-state index contributed by atoms with van der Waals surface area (Å²) in [6, 6.07) is 143. The van der Waals surface area contributed by atoms with Crippen molar-refractivity contribution in [3.8, 4) is 20.9 Å². The monoisotopic (exact) mass is 1720 g/mol. The Bertz CT molecular complexity index is 3970. The average molecular weight is 1720 g/mol. The van der Waals surface area contributed by atoms with Crippen LogP contribution in [0.1, 0.15) is 87.8 Å². The number of thiophene rings is 2. The molecule has 0 spiro atoms. The van der Waals surface area contributed by atoms with Crippen molar-refractivity contribution in [3.05, 3.63) is 419 Å². The Balaban J connectivity index is 0.000000144. The molecule has 15 rings (SSSR count). The second-order valence-electron chi connectivity index (χ2n) is 25.6. The van der Waals surface area contributed by atoms with Crippen molar-refractivity contribution in [2.45, 2.75) is 78.1 Å². The first-order chi connectivity index (χ1) is 52.3. The second-order valence-corrected chi connectivity index (χ2v) is 38.3. The van der Waals surface area contributed by atoms with E-state index in [1.54, 1.807) is 0 Å². The van der Waals surface area contributed by atoms with E-state index in [4.69, 9.17) is 0 Å². The zero-order chi connectivity index (χ0) is 73.3. The normalized spacial score (nSPS) is 11.3. The van der Waals surface area contributed by atoms with E-state index in [0.717, 1.165) is 8.95 Å². The molecule has 0 amide bonds. The van der Waals surface area contributed by atoms with E-state index in [9.17, 15) is 0 Å². The molecule has 0 saturated carbocycles. The van der Waals surface area contributed by atoms with Gasteiger partial charge in [0.1, 0.15) is 0 Å². The summed E-state index contributed by atoms with van der Waals surface area (Å²) in [5.41, 5.74) is 2.55. The van der Waals surface area contributed by atoms with E-state index in [1.807, 2.05) is 22.7 Å². The summed E-state index contributed by atoms with van der Waals surface area (Å²) >= 11 is 11.6. The van der Waals surface area contributed by atoms with E-state index >= 15 is 0 Å². The quantitative estimate of drug-likeness (QED) is 0.0469. The summed E-state index contributed by atoms with van der Waals surface area (Å²) in [4.78, 5) is 5.67. The molecule has 15 aromatic rings. The number of hydrogen-bond acceptors (Lipinski definition) is 2. The summed E-state index contributed by atoms with van der Waals surface area (Å²) in [5, 5.41) is 16.8. The Morgan fingerprint density at radius 2 is 0.393 bits per heavy atom. The SMILES string of the molecule is CCCCC(C)c1ccc(-c2ccc(-c3ccc(C(C)CCCC)s3)c(Br)c2Br)s1.[Pd].c1ccc(P(c2ccccc2)c2ccccc2)cc1.c1ccc(P(c2ccccc2)c2ccccc2)cc1.c1ccc(P(c2ccccc2)c2ccccc2)cc1.c1ccc(P(c2ccccc2)c2ccccc2)cc1. The molecule has 2 atom stereocenters. The van der Waals surface area contributed by atoms with Crippen LogP contribution < -0.4 is 63.7 Å². The van der Waals surface area contributed by atoms with Crippen molar-refractivity contribution in [3.63, 3.8) is 0 Å². The van der Waals surface area contributed by atoms with E-state index in [-0.39, 0.29) is 20.4 Å². The maximum Gasteiger partial charge on any atom is 0.0410 e. The summed E-state index contributed by atoms with van der Waals surface area (Å²) in [6.07, 6.45) is 7.69. The number of unbranched alkanes of at least 4 members (excludes halogenated alkanes) is 2. The Labute approximate surface area is 681 Å². The van der Waals surface area contributed by atoms with Crippen LogP contribution in [0.3, 0.4) is 0 Å². The zero-order valence-electron chi connectivity index (χ0n) is 61.2. The van der Waals surface area contributed by atoms with Crippen molar-refractivity contribution in [2.24, 2.45) is 0 Å². The number of halogens is 2. The smallest absolute Gasteiger partial charge is 0.0410 e. The Morgan fingerprint density at radius 1 is 0.234 bits per heavy atom. The van der Waals surface area contributed by atoms with Crippen LogP contribution in [0.25, 0.3) is 20.9 Å². The van der Waals surface area contributed by atoms with Crippen molar-refractivity contribution in [1.82, 2.24) is 0 Å². The fourth-order valence-corrected chi connectivity index (χ4v) is 25.3. The molecule has 13 aromatic carbocycles. The van der Waals surface area contributed by atoms with Crippen LogP contribution in [0.5, 0.6) is 0 Å². The molecular weight excluding hydrogens is 1630 g/mol. The van der Waals surface area contributed by atoms with Gasteiger partial charge in [-0.05, 0) is 176 Å². The molecule has 0 aliphatic rings. The van der Waals surface area contributed by atoms with E-state index in [0.29, 0.717) is 11.8 Å². The van der Waals surface area contributed by atoms with Gasteiger partial charge in [-0.15, -0.1) is 22.7 Å². The number of rotatable bonds is 22. The van der Waals surface area contributed by atoms with Crippen LogP contribution in [-0.4, -0.2) is 0 Å². The van der Waals surface area contributed by atoms with Crippen LogP contribution in [0.15, 0.2) is 409 Å². The first-order valence-corrected chi connectivity index (χ1v) is 45.3. The van der Waals surface area contributed by atoms with Crippen molar-refractivity contribution in [2.75, 3.05) is 0 Å². The minimum Gasteiger partial charge on any atom is -0.140 e. The van der Waals surface area contributed by atoms with Gasteiger partial charge in [0.2, 0.25) is 0 Å². The first-order valence-electron chi connectivity index (χ1n) is 36.8. The summed E-state index contributed by atoms with van der Waals surface area (Å²) in [6.45, 7) is 9.25. The molecule has 9 heteroatoms. The summed E-state index contributed by atoms with van der Waals surface area (Å²) in [7, 11) is -1.78. The van der Waals surface area contributed by atoms with Crippen LogP contribution in [-0.2, 0) is 20.4 Å². The molecule has 0 aliphatic heterocycles. The van der Waals surface area contributed by atoms with Gasteiger partial charge in [0.05, 0.1) is 0 Å². The molecule has 0 fully saturated rings. The third-order valence-electron chi connectivity index (χ3n) is 18.0. The minimum atomic E-state index is -0.446. The first kappa shape index (κ1) is 82.1. The Hall–Kier alpha value is -7.40. The van der Waals surface area contributed by atoms with Crippen molar-refractivity contribution >= 4 is 150 Å². The molecule has 0 radical (unpaired) electrons. The topological polar surface area (TPSA) is 0 Å². The largest absolute Gasteiger partial charge is 0.140 e. The Kier molecular flexibility index (Phi) is 34.5. The molecule has 2 unspecified atom stereocenters. The molecule has 0 aliphatic carbocycles. The van der Waals surface area contributed by atoms with Gasteiger partial charge in [-0.3, -0.25) is 0 Å². The van der Waals surface area contributed by atoms with Gasteiger partial charge in [0, 0.05) is 60.0 Å². The standard InChI is InChI=1S/C26H32Br2S2.4C18H15P.Pd/c1-5-7-9-17(3)21-13-15-23(29-21)19-11-12-20(26(28)25(19)27)24-16-14-22(30-24)18(4)10-8-6-2;4*1-4-10-16(11-5-1)19(17-12-6-2-7-13-17)18-14-8-3-9-15-18;/h11-18H,5-10H2,1-4H3;4*1-15H;. The van der Waals surface area contributed by atoms with E-state index in [1.165, 1.54) is 133 Å². The van der Waals surface area contributed by atoms with Crippen LogP contribution in [0.2, 0.25) is 0 Å². The zero-order valence-corrected chi connectivity index (χ0v) is 71.1. The summed E-state index contributed by atoms with van der Waals surface area (Å²) in [5.74, 6) is 1.29. The molecule has 0 nitrogen and oxygen atoms in total. The molecule has 0 N–H and O–H groups in total. The fourth-order valence-electron chi connectivity index (χ4n) is 12.5. The third kappa shape index (κ3) is 24.0. The molecular formula is C98H92Br2P4PdS2. The minimum absolute atomic E-state index is 0. The number of hydrogen-bond donors (Lipinski definition) is 0. The number of benzene rings is 13. The Morgan fingerprint density at radius 3 is 0.542 bits per heavy atom. The average Bonchev–Trinajstić information content (AvgIpc) is 1.72. The van der Waals surface area contributed by atoms with Crippen LogP contribution in [0.4, 0.5) is 0 Å². The molecule has 2 heterocycles. The maximum atomic E-state index is 3.89. The van der Waals surface area contributed by atoms with Crippen LogP contribution >= 0.6 is 86.2 Å². The van der Waals surface area contributed by atoms with E-state index < -0.39 is 31.7 Å². The van der Waals surface area contributed by atoms with Crippen molar-refractivity contribution in [1.29, 1.82) is 0 Å². The van der Waals surface area contributed by atoms with Gasteiger partial charge in [0.25, 0.3) is 0 Å². The van der Waals surface area contributed by atoms with Crippen molar-refractivity contribution < 1.29 is 20.4 Å². The van der Waals surface area contributed by atoms with Gasteiger partial charge < -0.3 is 0 Å². The van der Waals surface area contributed by atoms with Crippen LogP contribution in [0, 0.1) is 0 Å². The van der Waals surface area contributed by atoms with Gasteiger partial charge >= 0.3 is 0 Å².